The monoisotopic (exact) mass is 634 g/mol. The van der Waals surface area contributed by atoms with Gasteiger partial charge in [-0.15, -0.1) is 11.3 Å². The first kappa shape index (κ1) is 33.6. The standard InChI is InChI=1S/C33H42N6O5S/c1-6-21(4)25(19-27(40)30-34-15-18-45-30)26-20-35-32(38(7-2)8-3)37-29(26)36-28(31(41)42)22(5)23-11-13-24(14-12-23)44-33(43)39-16-9-10-17-39/h11-15,18,20,22,25,28H,4,6-10,16-17,19H2,1-3,5H3,(H,41,42)(H,35,36,37)/t22?,25?,28-/m0/s1. The molecule has 2 unspecified atom stereocenters. The normalized spacial score (nSPS) is 14.8. The predicted octanol–water partition coefficient (Wildman–Crippen LogP) is 6.37. The van der Waals surface area contributed by atoms with Gasteiger partial charge in [0, 0.05) is 67.8 Å². The van der Waals surface area contributed by atoms with Crippen LogP contribution in [0.3, 0.4) is 0 Å². The Morgan fingerprint density at radius 1 is 1.11 bits per heavy atom. The molecule has 240 valence electrons. The maximum atomic E-state index is 13.2. The minimum Gasteiger partial charge on any atom is -0.480 e. The average molecular weight is 635 g/mol. The molecule has 0 radical (unpaired) electrons. The van der Waals surface area contributed by atoms with Crippen molar-refractivity contribution in [1.82, 2.24) is 19.9 Å². The van der Waals surface area contributed by atoms with Gasteiger partial charge in [-0.05, 0) is 50.8 Å². The number of ether oxygens (including phenoxy) is 1. The molecule has 1 aromatic carbocycles. The molecule has 3 heterocycles. The third kappa shape index (κ3) is 8.24. The van der Waals surface area contributed by atoms with E-state index in [2.05, 4.69) is 21.9 Å². The Bertz CT molecular complexity index is 1470. The minimum atomic E-state index is -1.08. The molecule has 1 aliphatic heterocycles. The van der Waals surface area contributed by atoms with E-state index in [0.29, 0.717) is 60.7 Å². The Morgan fingerprint density at radius 2 is 1.80 bits per heavy atom. The van der Waals surface area contributed by atoms with Gasteiger partial charge < -0.3 is 25.0 Å². The van der Waals surface area contributed by atoms with Gasteiger partial charge in [0.2, 0.25) is 5.95 Å². The molecule has 2 N–H and O–H groups in total. The molecule has 0 spiro atoms. The third-order valence-corrected chi connectivity index (χ3v) is 9.08. The Kier molecular flexibility index (Phi) is 11.6. The third-order valence-electron chi connectivity index (χ3n) is 8.27. The van der Waals surface area contributed by atoms with Crippen molar-refractivity contribution in [3.05, 3.63) is 70.3 Å². The number of ketones is 1. The topological polar surface area (TPSA) is 138 Å². The summed E-state index contributed by atoms with van der Waals surface area (Å²) in [6.45, 7) is 14.7. The summed E-state index contributed by atoms with van der Waals surface area (Å²) in [6, 6.07) is 5.82. The largest absolute Gasteiger partial charge is 0.480 e. The Labute approximate surface area is 268 Å². The summed E-state index contributed by atoms with van der Waals surface area (Å²) in [5, 5.41) is 15.8. The van der Waals surface area contributed by atoms with E-state index >= 15 is 0 Å². The van der Waals surface area contributed by atoms with Crippen LogP contribution in [0, 0.1) is 0 Å². The number of hydrogen-bond acceptors (Lipinski definition) is 10. The summed E-state index contributed by atoms with van der Waals surface area (Å²) >= 11 is 1.28. The number of nitrogens with one attached hydrogen (secondary N) is 1. The molecule has 12 heteroatoms. The lowest BCUT2D eigenvalue weighted by Crippen LogP contribution is -2.36. The summed E-state index contributed by atoms with van der Waals surface area (Å²) in [6.07, 6.45) is 5.55. The van der Waals surface area contributed by atoms with Gasteiger partial charge in [0.25, 0.3) is 0 Å². The zero-order chi connectivity index (χ0) is 32.5. The SMILES string of the molecule is C=C(CC)C(CC(=O)c1nccs1)c1cnc(N(CC)CC)nc1N[C@H](C(=O)O)C(C)c1ccc(OC(=O)N2CCCC2)cc1. The molecule has 1 amide bonds. The number of carboxylic acids is 1. The fourth-order valence-electron chi connectivity index (χ4n) is 5.41. The molecule has 3 atom stereocenters. The number of carbonyl (C=O) groups excluding carboxylic acids is 2. The van der Waals surface area contributed by atoms with E-state index in [1.165, 1.54) is 11.3 Å². The number of benzene rings is 1. The van der Waals surface area contributed by atoms with Crippen molar-refractivity contribution in [3.8, 4) is 5.75 Å². The van der Waals surface area contributed by atoms with Crippen molar-refractivity contribution in [3.63, 3.8) is 0 Å². The van der Waals surface area contributed by atoms with Gasteiger partial charge in [0.15, 0.2) is 10.8 Å². The Morgan fingerprint density at radius 3 is 2.38 bits per heavy atom. The number of amides is 1. The minimum absolute atomic E-state index is 0.105. The number of hydrogen-bond donors (Lipinski definition) is 2. The fourth-order valence-corrected chi connectivity index (χ4v) is 6.00. The molecule has 1 aliphatic rings. The molecule has 2 aromatic heterocycles. The summed E-state index contributed by atoms with van der Waals surface area (Å²) in [5.41, 5.74) is 2.15. The molecule has 45 heavy (non-hydrogen) atoms. The van der Waals surface area contributed by atoms with Crippen molar-refractivity contribution < 1.29 is 24.2 Å². The van der Waals surface area contributed by atoms with Crippen molar-refractivity contribution in [2.45, 2.75) is 71.3 Å². The highest BCUT2D eigenvalue weighted by Gasteiger charge is 2.31. The average Bonchev–Trinajstić information content (AvgIpc) is 3.79. The molecule has 0 aliphatic carbocycles. The first-order valence-corrected chi connectivity index (χ1v) is 16.3. The number of carbonyl (C=O) groups is 3. The number of anilines is 2. The molecule has 1 saturated heterocycles. The number of Topliss-reactive ketones (excluding diaryl/α,β-unsaturated/α-hetero) is 1. The quantitative estimate of drug-likeness (QED) is 0.143. The van der Waals surface area contributed by atoms with Gasteiger partial charge in [-0.2, -0.15) is 4.98 Å². The number of rotatable bonds is 15. The zero-order valence-corrected chi connectivity index (χ0v) is 27.2. The van der Waals surface area contributed by atoms with Gasteiger partial charge in [0.05, 0.1) is 0 Å². The van der Waals surface area contributed by atoms with Crippen molar-refractivity contribution in [2.24, 2.45) is 0 Å². The predicted molar refractivity (Wildman–Crippen MR) is 176 cm³/mol. The molecular weight excluding hydrogens is 592 g/mol. The Hall–Kier alpha value is -4.32. The van der Waals surface area contributed by atoms with E-state index in [0.717, 1.165) is 24.0 Å². The maximum absolute atomic E-state index is 13.2. The van der Waals surface area contributed by atoms with Crippen LogP contribution in [0.1, 0.15) is 86.1 Å². The summed E-state index contributed by atoms with van der Waals surface area (Å²) in [7, 11) is 0. The molecular formula is C33H42N6O5S. The smallest absolute Gasteiger partial charge is 0.415 e. The highest BCUT2D eigenvalue weighted by Crippen LogP contribution is 2.36. The molecule has 4 rings (SSSR count). The lowest BCUT2D eigenvalue weighted by atomic mass is 9.86. The second kappa shape index (κ2) is 15.6. The van der Waals surface area contributed by atoms with Crippen molar-refractivity contribution in [1.29, 1.82) is 0 Å². The van der Waals surface area contributed by atoms with Crippen LogP contribution in [-0.4, -0.2) is 75.0 Å². The summed E-state index contributed by atoms with van der Waals surface area (Å²) in [5.74, 6) is -0.948. The number of aromatic nitrogens is 3. The number of allylic oxidation sites excluding steroid dienone is 1. The van der Waals surface area contributed by atoms with Crippen LogP contribution in [0.25, 0.3) is 0 Å². The van der Waals surface area contributed by atoms with Gasteiger partial charge in [-0.3, -0.25) is 4.79 Å². The fraction of sp³-hybridized carbons (Fsp3) is 0.455. The van der Waals surface area contributed by atoms with Gasteiger partial charge >= 0.3 is 12.1 Å². The molecule has 0 saturated carbocycles. The molecule has 1 fully saturated rings. The molecule has 11 nitrogen and oxygen atoms in total. The van der Waals surface area contributed by atoms with Crippen LogP contribution in [0.4, 0.5) is 16.6 Å². The van der Waals surface area contributed by atoms with Crippen LogP contribution >= 0.6 is 11.3 Å². The highest BCUT2D eigenvalue weighted by molar-refractivity contribution is 7.11. The number of likely N-dealkylation sites (tertiary alicyclic amines) is 1. The second-order valence-corrected chi connectivity index (χ2v) is 11.9. The molecule has 0 bridgehead atoms. The zero-order valence-electron chi connectivity index (χ0n) is 26.4. The number of thiazole rings is 1. The molecule has 3 aromatic rings. The van der Waals surface area contributed by atoms with Crippen LogP contribution in [0.2, 0.25) is 0 Å². The van der Waals surface area contributed by atoms with Crippen LogP contribution in [0.15, 0.2) is 54.2 Å². The van der Waals surface area contributed by atoms with Gasteiger partial charge in [-0.25, -0.2) is 19.6 Å². The number of aliphatic carboxylic acids is 1. The van der Waals surface area contributed by atoms with Crippen molar-refractivity contribution >= 4 is 40.9 Å². The van der Waals surface area contributed by atoms with E-state index in [1.54, 1.807) is 46.9 Å². The van der Waals surface area contributed by atoms with Crippen molar-refractivity contribution in [2.75, 3.05) is 36.4 Å². The first-order chi connectivity index (χ1) is 21.7. The van der Waals surface area contributed by atoms with Crippen LogP contribution in [-0.2, 0) is 4.79 Å². The van der Waals surface area contributed by atoms with E-state index < -0.39 is 23.8 Å². The van der Waals surface area contributed by atoms with Gasteiger partial charge in [-0.1, -0.05) is 38.1 Å². The lowest BCUT2D eigenvalue weighted by molar-refractivity contribution is -0.138. The first-order valence-electron chi connectivity index (χ1n) is 15.4. The number of nitrogens with zero attached hydrogens (tertiary/aromatic N) is 5. The van der Waals surface area contributed by atoms with E-state index in [9.17, 15) is 19.5 Å². The lowest BCUT2D eigenvalue weighted by Gasteiger charge is -2.28. The summed E-state index contributed by atoms with van der Waals surface area (Å²) in [4.78, 5) is 55.6. The van der Waals surface area contributed by atoms with E-state index in [-0.39, 0.29) is 18.3 Å². The number of carboxylic acid groups (broad SMARTS) is 1. The second-order valence-electron chi connectivity index (χ2n) is 11.1. The summed E-state index contributed by atoms with van der Waals surface area (Å²) < 4.78 is 5.52. The van der Waals surface area contributed by atoms with Crippen LogP contribution in [0.5, 0.6) is 5.75 Å². The van der Waals surface area contributed by atoms with Crippen LogP contribution < -0.4 is 15.0 Å². The Balaban J connectivity index is 1.65. The highest BCUT2D eigenvalue weighted by atomic mass is 32.1. The van der Waals surface area contributed by atoms with Gasteiger partial charge in [0.1, 0.15) is 17.6 Å². The van der Waals surface area contributed by atoms with E-state index in [1.807, 2.05) is 32.6 Å². The van der Waals surface area contributed by atoms with E-state index in [4.69, 9.17) is 9.72 Å². The maximum Gasteiger partial charge on any atom is 0.415 e.